The van der Waals surface area contributed by atoms with E-state index in [-0.39, 0.29) is 38.0 Å². The van der Waals surface area contributed by atoms with Gasteiger partial charge in [-0.15, -0.1) is 0 Å². The van der Waals surface area contributed by atoms with Crippen LogP contribution in [0.3, 0.4) is 0 Å². The van der Waals surface area contributed by atoms with Gasteiger partial charge in [0.05, 0.1) is 11.1 Å². The third-order valence-corrected chi connectivity index (χ3v) is 3.91. The smallest absolute Gasteiger partial charge is 0.172 e. The van der Waals surface area contributed by atoms with Crippen LogP contribution >= 0.6 is 15.9 Å². The van der Waals surface area contributed by atoms with Crippen molar-refractivity contribution in [2.24, 2.45) is 0 Å². The molecule has 0 aliphatic heterocycles. The van der Waals surface area contributed by atoms with Crippen LogP contribution in [-0.2, 0) is 0 Å². The molecule has 0 bridgehead atoms. The van der Waals surface area contributed by atoms with Crippen LogP contribution < -0.4 is 5.46 Å². The number of phenolic OH excluding ortho intramolecular Hbond substituents is 3. The molecular formula is C15H18BBrO6. The average molecular weight is 385 g/mol. The predicted molar refractivity (Wildman–Crippen MR) is 94.4 cm³/mol. The molecule has 1 aromatic rings. The monoisotopic (exact) mass is 384 g/mol. The van der Waals surface area contributed by atoms with Crippen molar-refractivity contribution in [3.05, 3.63) is 39.3 Å². The molecule has 124 valence electrons. The molecule has 0 spiro atoms. The summed E-state index contributed by atoms with van der Waals surface area (Å²) in [5.41, 5.74) is 0.219. The Bertz CT molecular complexity index is 707. The summed E-state index contributed by atoms with van der Waals surface area (Å²) in [6.07, 6.45) is 0. The van der Waals surface area contributed by atoms with Crippen LogP contribution in [0.4, 0.5) is 0 Å². The number of phenols is 3. The Kier molecular flexibility index (Phi) is 5.79. The summed E-state index contributed by atoms with van der Waals surface area (Å²) < 4.78 is -0.00453. The van der Waals surface area contributed by atoms with E-state index in [9.17, 15) is 30.6 Å². The van der Waals surface area contributed by atoms with Gasteiger partial charge in [-0.25, -0.2) is 0 Å². The SMILES string of the molecule is Bc1c(O)c(O)c(C)c(C(=C(\C)CO)/C(O)=C(/O)C(=C)Br)c1O. The van der Waals surface area contributed by atoms with E-state index < -0.39 is 29.6 Å². The molecule has 0 radical (unpaired) electrons. The molecule has 0 heterocycles. The standard InChI is InChI=1S/C15H18BBrO6/c1-5(4-18)8(14(22)12(20)7(3)17)9-6(2)11(19)15(23)10(16)13(9)21/h18-23H,3-4,16H2,1-2H3/b8-5-,14-12-. The lowest BCUT2D eigenvalue weighted by Gasteiger charge is -2.19. The lowest BCUT2D eigenvalue weighted by atomic mass is 9.84. The Morgan fingerprint density at radius 1 is 1.09 bits per heavy atom. The molecule has 1 aromatic carbocycles. The molecule has 0 unspecified atom stereocenters. The molecule has 6 N–H and O–H groups in total. The predicted octanol–water partition coefficient (Wildman–Crippen LogP) is 1.37. The minimum absolute atomic E-state index is 0.00343. The van der Waals surface area contributed by atoms with Crippen molar-refractivity contribution in [3.63, 3.8) is 0 Å². The fourth-order valence-corrected chi connectivity index (χ4v) is 2.30. The summed E-state index contributed by atoms with van der Waals surface area (Å²) in [7, 11) is 1.38. The van der Waals surface area contributed by atoms with Crippen LogP contribution in [-0.4, -0.2) is 45.1 Å². The summed E-state index contributed by atoms with van der Waals surface area (Å²) in [5.74, 6) is -2.57. The van der Waals surface area contributed by atoms with Gasteiger partial charge in [0.2, 0.25) is 0 Å². The highest BCUT2D eigenvalue weighted by Crippen LogP contribution is 2.42. The van der Waals surface area contributed by atoms with Gasteiger partial charge in [-0.3, -0.25) is 0 Å². The van der Waals surface area contributed by atoms with Gasteiger partial charge >= 0.3 is 0 Å². The largest absolute Gasteiger partial charge is 0.508 e. The molecule has 0 aliphatic carbocycles. The first kappa shape index (κ1) is 19.0. The van der Waals surface area contributed by atoms with Crippen LogP contribution in [0, 0.1) is 6.92 Å². The summed E-state index contributed by atoms with van der Waals surface area (Å²) >= 11 is 2.93. The van der Waals surface area contributed by atoms with Crippen LogP contribution in [0.25, 0.3) is 5.57 Å². The number of aromatic hydroxyl groups is 3. The highest BCUT2D eigenvalue weighted by atomic mass is 79.9. The van der Waals surface area contributed by atoms with E-state index in [0.717, 1.165) is 0 Å². The first-order valence-electron chi connectivity index (χ1n) is 6.58. The van der Waals surface area contributed by atoms with Gasteiger partial charge in [0, 0.05) is 16.7 Å². The second-order valence-electron chi connectivity index (χ2n) is 5.09. The topological polar surface area (TPSA) is 121 Å². The van der Waals surface area contributed by atoms with Gasteiger partial charge in [-0.2, -0.15) is 0 Å². The summed E-state index contributed by atoms with van der Waals surface area (Å²) in [6, 6.07) is 0. The number of rotatable bonds is 4. The Labute approximate surface area is 142 Å². The molecular weight excluding hydrogens is 367 g/mol. The van der Waals surface area contributed by atoms with Crippen molar-refractivity contribution in [2.75, 3.05) is 6.61 Å². The Hall–Kier alpha value is -2.06. The lowest BCUT2D eigenvalue weighted by molar-refractivity contribution is 0.328. The second kappa shape index (κ2) is 7.01. The molecule has 23 heavy (non-hydrogen) atoms. The maximum absolute atomic E-state index is 10.3. The van der Waals surface area contributed by atoms with Gasteiger partial charge in [0.1, 0.15) is 13.6 Å². The maximum atomic E-state index is 10.3. The molecule has 1 rings (SSSR count). The zero-order valence-electron chi connectivity index (χ0n) is 13.0. The van der Waals surface area contributed by atoms with Crippen LogP contribution in [0.1, 0.15) is 18.1 Å². The molecule has 0 aliphatic rings. The number of benzene rings is 1. The molecule has 0 saturated carbocycles. The number of allylic oxidation sites excluding steroid dienone is 2. The lowest BCUT2D eigenvalue weighted by Crippen LogP contribution is -2.11. The fourth-order valence-electron chi connectivity index (χ4n) is 2.12. The van der Waals surface area contributed by atoms with Crippen molar-refractivity contribution in [3.8, 4) is 17.2 Å². The minimum Gasteiger partial charge on any atom is -0.508 e. The Morgan fingerprint density at radius 3 is 2.04 bits per heavy atom. The van der Waals surface area contributed by atoms with Crippen LogP contribution in [0.5, 0.6) is 17.2 Å². The van der Waals surface area contributed by atoms with Crippen molar-refractivity contribution >= 4 is 34.8 Å². The normalized spacial score (nSPS) is 13.4. The fraction of sp³-hybridized carbons (Fsp3) is 0.200. The third kappa shape index (κ3) is 3.33. The zero-order chi connectivity index (χ0) is 18.1. The Morgan fingerprint density at radius 2 is 1.61 bits per heavy atom. The van der Waals surface area contributed by atoms with Crippen molar-refractivity contribution in [2.45, 2.75) is 13.8 Å². The molecule has 0 atom stereocenters. The first-order chi connectivity index (χ1) is 10.6. The number of aliphatic hydroxyl groups is 3. The quantitative estimate of drug-likeness (QED) is 0.153. The van der Waals surface area contributed by atoms with Crippen LogP contribution in [0.2, 0.25) is 0 Å². The van der Waals surface area contributed by atoms with Gasteiger partial charge in [-0.1, -0.05) is 6.58 Å². The molecule has 6 nitrogen and oxygen atoms in total. The Balaban J connectivity index is 3.96. The van der Waals surface area contributed by atoms with E-state index in [1.165, 1.54) is 21.7 Å². The van der Waals surface area contributed by atoms with Gasteiger partial charge in [0.15, 0.2) is 23.0 Å². The minimum atomic E-state index is -0.638. The molecule has 0 amide bonds. The summed E-state index contributed by atoms with van der Waals surface area (Å²) in [5, 5.41) is 59.8. The average Bonchev–Trinajstić information content (AvgIpc) is 2.52. The molecule has 0 aromatic heterocycles. The highest BCUT2D eigenvalue weighted by molar-refractivity contribution is 9.11. The molecule has 0 saturated heterocycles. The van der Waals surface area contributed by atoms with Crippen LogP contribution in [0.15, 0.2) is 28.2 Å². The first-order valence-corrected chi connectivity index (χ1v) is 7.37. The van der Waals surface area contributed by atoms with E-state index in [0.29, 0.717) is 0 Å². The summed E-state index contributed by atoms with van der Waals surface area (Å²) in [4.78, 5) is 0. The van der Waals surface area contributed by atoms with E-state index >= 15 is 0 Å². The highest BCUT2D eigenvalue weighted by Gasteiger charge is 2.26. The van der Waals surface area contributed by atoms with E-state index in [4.69, 9.17) is 0 Å². The van der Waals surface area contributed by atoms with Gasteiger partial charge in [-0.05, 0) is 40.8 Å². The molecule has 0 fully saturated rings. The van der Waals surface area contributed by atoms with Crippen molar-refractivity contribution < 1.29 is 30.6 Å². The third-order valence-electron chi connectivity index (χ3n) is 3.53. The maximum Gasteiger partial charge on any atom is 0.172 e. The van der Waals surface area contributed by atoms with E-state index in [2.05, 4.69) is 22.5 Å². The second-order valence-corrected chi connectivity index (χ2v) is 6.04. The number of halogens is 1. The summed E-state index contributed by atoms with van der Waals surface area (Å²) in [6.45, 7) is 5.87. The van der Waals surface area contributed by atoms with E-state index in [1.807, 2.05) is 0 Å². The zero-order valence-corrected chi connectivity index (χ0v) is 14.6. The van der Waals surface area contributed by atoms with Gasteiger partial charge in [0.25, 0.3) is 0 Å². The van der Waals surface area contributed by atoms with Crippen molar-refractivity contribution in [1.82, 2.24) is 0 Å². The number of hydrogen-bond donors (Lipinski definition) is 6. The molecule has 8 heteroatoms. The van der Waals surface area contributed by atoms with Gasteiger partial charge < -0.3 is 30.6 Å². The van der Waals surface area contributed by atoms with Crippen molar-refractivity contribution in [1.29, 1.82) is 0 Å². The van der Waals surface area contributed by atoms with E-state index in [1.54, 1.807) is 0 Å². The number of hydrogen-bond acceptors (Lipinski definition) is 6. The number of aliphatic hydroxyl groups excluding tert-OH is 3.